The van der Waals surface area contributed by atoms with Crippen molar-refractivity contribution in [2.45, 2.75) is 31.1 Å². The Kier molecular flexibility index (Phi) is 1.88. The van der Waals surface area contributed by atoms with E-state index in [0.717, 1.165) is 24.3 Å². The van der Waals surface area contributed by atoms with Crippen LogP contribution in [0.2, 0.25) is 0 Å². The van der Waals surface area contributed by atoms with Crippen LogP contribution in [0.3, 0.4) is 0 Å². The zero-order chi connectivity index (χ0) is 9.54. The molecule has 1 heteroatoms. The molecule has 0 heterocycles. The molecular formula is C13H17N. The molecule has 0 aliphatic heterocycles. The van der Waals surface area contributed by atoms with Gasteiger partial charge in [0.1, 0.15) is 0 Å². The van der Waals surface area contributed by atoms with Gasteiger partial charge >= 0.3 is 0 Å². The van der Waals surface area contributed by atoms with Crippen molar-refractivity contribution in [1.29, 1.82) is 0 Å². The number of rotatable bonds is 3. The quantitative estimate of drug-likeness (QED) is 0.773. The van der Waals surface area contributed by atoms with Gasteiger partial charge in [0.25, 0.3) is 0 Å². The van der Waals surface area contributed by atoms with Crippen LogP contribution < -0.4 is 5.73 Å². The molecule has 0 amide bonds. The van der Waals surface area contributed by atoms with Crippen LogP contribution in [0.25, 0.3) is 0 Å². The SMILES string of the molecule is NCC1CC1c1cccc(C2CC2)c1. The van der Waals surface area contributed by atoms with Crippen LogP contribution in [0, 0.1) is 5.92 Å². The molecule has 0 saturated heterocycles. The van der Waals surface area contributed by atoms with Crippen LogP contribution in [-0.2, 0) is 0 Å². The summed E-state index contributed by atoms with van der Waals surface area (Å²) in [7, 11) is 0. The van der Waals surface area contributed by atoms with Gasteiger partial charge in [-0.1, -0.05) is 24.3 Å². The molecule has 0 bridgehead atoms. The molecule has 0 spiro atoms. The summed E-state index contributed by atoms with van der Waals surface area (Å²) in [5.41, 5.74) is 8.76. The fraction of sp³-hybridized carbons (Fsp3) is 0.538. The largest absolute Gasteiger partial charge is 0.330 e. The average molecular weight is 187 g/mol. The number of nitrogens with two attached hydrogens (primary N) is 1. The van der Waals surface area contributed by atoms with E-state index in [2.05, 4.69) is 24.3 Å². The second-order valence-electron chi connectivity index (χ2n) is 4.78. The van der Waals surface area contributed by atoms with Gasteiger partial charge in [0.2, 0.25) is 0 Å². The monoisotopic (exact) mass is 187 g/mol. The summed E-state index contributed by atoms with van der Waals surface area (Å²) in [6.07, 6.45) is 4.10. The zero-order valence-corrected chi connectivity index (χ0v) is 8.45. The maximum Gasteiger partial charge on any atom is -0.00428 e. The first-order chi connectivity index (χ1) is 6.88. The molecule has 74 valence electrons. The van der Waals surface area contributed by atoms with Gasteiger partial charge in [0.15, 0.2) is 0 Å². The minimum absolute atomic E-state index is 0.768. The summed E-state index contributed by atoms with van der Waals surface area (Å²) < 4.78 is 0. The Morgan fingerprint density at radius 3 is 2.64 bits per heavy atom. The van der Waals surface area contributed by atoms with Gasteiger partial charge in [-0.15, -0.1) is 0 Å². The highest BCUT2D eigenvalue weighted by Gasteiger charge is 2.37. The van der Waals surface area contributed by atoms with Crippen LogP contribution in [-0.4, -0.2) is 6.54 Å². The molecule has 14 heavy (non-hydrogen) atoms. The molecule has 2 saturated carbocycles. The molecule has 2 N–H and O–H groups in total. The Bertz CT molecular complexity index is 341. The molecule has 1 nitrogen and oxygen atoms in total. The first-order valence-corrected chi connectivity index (χ1v) is 5.68. The van der Waals surface area contributed by atoms with E-state index < -0.39 is 0 Å². The first-order valence-electron chi connectivity index (χ1n) is 5.68. The van der Waals surface area contributed by atoms with Crippen molar-refractivity contribution in [3.8, 4) is 0 Å². The smallest absolute Gasteiger partial charge is 0.00428 e. The lowest BCUT2D eigenvalue weighted by Gasteiger charge is -2.03. The van der Waals surface area contributed by atoms with Crippen LogP contribution in [0.5, 0.6) is 0 Å². The fourth-order valence-electron chi connectivity index (χ4n) is 2.38. The molecule has 1 aromatic rings. The highest BCUT2D eigenvalue weighted by molar-refractivity contribution is 5.34. The Labute approximate surface area is 85.3 Å². The second-order valence-corrected chi connectivity index (χ2v) is 4.78. The van der Waals surface area contributed by atoms with Crippen molar-refractivity contribution in [3.05, 3.63) is 35.4 Å². The van der Waals surface area contributed by atoms with Crippen molar-refractivity contribution < 1.29 is 0 Å². The second kappa shape index (κ2) is 3.09. The highest BCUT2D eigenvalue weighted by Crippen LogP contribution is 2.48. The normalized spacial score (nSPS) is 30.4. The summed E-state index contributed by atoms with van der Waals surface area (Å²) in [4.78, 5) is 0. The minimum Gasteiger partial charge on any atom is -0.330 e. The van der Waals surface area contributed by atoms with Gasteiger partial charge in [-0.25, -0.2) is 0 Å². The van der Waals surface area contributed by atoms with Crippen molar-refractivity contribution in [2.75, 3.05) is 6.54 Å². The molecule has 2 atom stereocenters. The minimum atomic E-state index is 0.768. The third-order valence-electron chi connectivity index (χ3n) is 3.61. The lowest BCUT2D eigenvalue weighted by molar-refractivity contribution is 0.809. The van der Waals surface area contributed by atoms with E-state index in [0.29, 0.717) is 0 Å². The van der Waals surface area contributed by atoms with E-state index >= 15 is 0 Å². The van der Waals surface area contributed by atoms with E-state index in [-0.39, 0.29) is 0 Å². The Morgan fingerprint density at radius 1 is 1.21 bits per heavy atom. The van der Waals surface area contributed by atoms with Crippen LogP contribution in [0.15, 0.2) is 24.3 Å². The summed E-state index contributed by atoms with van der Waals surface area (Å²) in [5.74, 6) is 2.42. The predicted molar refractivity (Wildman–Crippen MR) is 58.3 cm³/mol. The van der Waals surface area contributed by atoms with E-state index in [9.17, 15) is 0 Å². The number of hydrogen-bond acceptors (Lipinski definition) is 1. The van der Waals surface area contributed by atoms with Gasteiger partial charge < -0.3 is 5.73 Å². The lowest BCUT2D eigenvalue weighted by Crippen LogP contribution is -2.02. The van der Waals surface area contributed by atoms with Crippen LogP contribution in [0.1, 0.15) is 42.2 Å². The van der Waals surface area contributed by atoms with Gasteiger partial charge in [-0.05, 0) is 54.7 Å². The van der Waals surface area contributed by atoms with Gasteiger partial charge in [-0.3, -0.25) is 0 Å². The maximum atomic E-state index is 5.67. The van der Waals surface area contributed by atoms with E-state index in [1.165, 1.54) is 24.8 Å². The molecule has 1 aromatic carbocycles. The van der Waals surface area contributed by atoms with Gasteiger partial charge in [0, 0.05) is 0 Å². The van der Waals surface area contributed by atoms with E-state index in [4.69, 9.17) is 5.73 Å². The third-order valence-corrected chi connectivity index (χ3v) is 3.61. The molecular weight excluding hydrogens is 170 g/mol. The van der Waals surface area contributed by atoms with Crippen LogP contribution >= 0.6 is 0 Å². The molecule has 2 aliphatic rings. The highest BCUT2D eigenvalue weighted by atomic mass is 14.6. The van der Waals surface area contributed by atoms with Gasteiger partial charge in [-0.2, -0.15) is 0 Å². The zero-order valence-electron chi connectivity index (χ0n) is 8.45. The number of benzene rings is 1. The van der Waals surface area contributed by atoms with E-state index in [1.807, 2.05) is 0 Å². The summed E-state index contributed by atoms with van der Waals surface area (Å²) in [5, 5.41) is 0. The average Bonchev–Trinajstić information content (AvgIpc) is 3.11. The van der Waals surface area contributed by atoms with Crippen molar-refractivity contribution >= 4 is 0 Å². The first kappa shape index (κ1) is 8.49. The topological polar surface area (TPSA) is 26.0 Å². The van der Waals surface area contributed by atoms with Gasteiger partial charge in [0.05, 0.1) is 0 Å². The Morgan fingerprint density at radius 2 is 2.00 bits per heavy atom. The van der Waals surface area contributed by atoms with Crippen molar-refractivity contribution in [1.82, 2.24) is 0 Å². The third kappa shape index (κ3) is 1.46. The lowest BCUT2D eigenvalue weighted by atomic mass is 10.0. The Balaban J connectivity index is 1.81. The van der Waals surface area contributed by atoms with Crippen LogP contribution in [0.4, 0.5) is 0 Å². The fourth-order valence-corrected chi connectivity index (χ4v) is 2.38. The molecule has 2 aliphatic carbocycles. The summed E-state index contributed by atoms with van der Waals surface area (Å²) in [6, 6.07) is 9.18. The number of hydrogen-bond donors (Lipinski definition) is 1. The molecule has 0 radical (unpaired) electrons. The standard InChI is InChI=1S/C13H17N/c14-8-12-7-13(12)11-3-1-2-10(6-11)9-4-5-9/h1-3,6,9,12-13H,4-5,7-8,14H2. The molecule has 3 rings (SSSR count). The molecule has 2 unspecified atom stereocenters. The molecule has 0 aromatic heterocycles. The van der Waals surface area contributed by atoms with Crippen molar-refractivity contribution in [3.63, 3.8) is 0 Å². The van der Waals surface area contributed by atoms with Crippen molar-refractivity contribution in [2.24, 2.45) is 11.7 Å². The summed E-state index contributed by atoms with van der Waals surface area (Å²) in [6.45, 7) is 0.859. The summed E-state index contributed by atoms with van der Waals surface area (Å²) >= 11 is 0. The maximum absolute atomic E-state index is 5.67. The molecule has 2 fully saturated rings. The Hall–Kier alpha value is -0.820. The van der Waals surface area contributed by atoms with E-state index in [1.54, 1.807) is 5.56 Å². The predicted octanol–water partition coefficient (Wildman–Crippen LogP) is 2.63.